The Kier molecular flexibility index (Phi) is 9.15. The molecule has 0 saturated carbocycles. The molecular formula is C34H28N6O10S2. The number of fused-ring (bicyclic) bond motifs is 2. The van der Waals surface area contributed by atoms with Crippen LogP contribution in [-0.4, -0.2) is 50.4 Å². The second-order valence-corrected chi connectivity index (χ2v) is 13.9. The number of azo groups is 2. The lowest BCUT2D eigenvalue weighted by Crippen LogP contribution is -2.00. The zero-order chi connectivity index (χ0) is 37.5. The average molecular weight is 745 g/mol. The number of aromatic hydroxyl groups is 2. The largest absolute Gasteiger partial charge is 0.505 e. The van der Waals surface area contributed by atoms with Gasteiger partial charge in [-0.15, -0.1) is 20.5 Å². The van der Waals surface area contributed by atoms with Crippen molar-refractivity contribution in [2.45, 2.75) is 9.79 Å². The van der Waals surface area contributed by atoms with Crippen LogP contribution in [0.5, 0.6) is 23.0 Å². The fourth-order valence-electron chi connectivity index (χ4n) is 5.54. The first-order valence-electron chi connectivity index (χ1n) is 14.9. The number of phenolic OH excluding ortho intramolecular Hbond substituents is 2. The standard InChI is InChI=1S/C34H28N6O10S2/c1-49-27-15-17(3-9-23(27)37-39-25-11-5-19-29(51(43,44)45)13-7-21(35)31(19)33(25)41)18-4-10-24(28(16-18)50-2)38-40-26-12-6-20-30(52(46,47)48)14-8-22(36)32(20)34(26)42/h3-16,41-42H,35-36H2,1-2H3,(H,43,44,45)(H,46,47,48). The zero-order valence-corrected chi connectivity index (χ0v) is 28.7. The van der Waals surface area contributed by atoms with Crippen LogP contribution in [0.4, 0.5) is 34.1 Å². The van der Waals surface area contributed by atoms with Gasteiger partial charge in [0.2, 0.25) is 0 Å². The maximum absolute atomic E-state index is 11.8. The van der Waals surface area contributed by atoms with Crippen molar-refractivity contribution in [3.63, 3.8) is 0 Å². The van der Waals surface area contributed by atoms with E-state index in [2.05, 4.69) is 20.5 Å². The molecule has 6 aromatic rings. The Balaban J connectivity index is 1.29. The summed E-state index contributed by atoms with van der Waals surface area (Å²) in [7, 11) is -6.31. The second-order valence-electron chi connectivity index (χ2n) is 11.1. The minimum absolute atomic E-state index is 0.0117. The normalized spacial score (nSPS) is 12.3. The third-order valence-electron chi connectivity index (χ3n) is 8.03. The molecule has 18 heteroatoms. The predicted octanol–water partition coefficient (Wildman–Crippen LogP) is 7.58. The van der Waals surface area contributed by atoms with E-state index < -0.39 is 41.5 Å². The summed E-state index contributed by atoms with van der Waals surface area (Å²) in [6, 6.07) is 20.2. The third-order valence-corrected chi connectivity index (χ3v) is 9.85. The number of nitrogen functional groups attached to an aromatic ring is 2. The molecular weight excluding hydrogens is 717 g/mol. The summed E-state index contributed by atoms with van der Waals surface area (Å²) in [5.74, 6) is -0.230. The van der Waals surface area contributed by atoms with E-state index in [0.717, 1.165) is 12.1 Å². The van der Waals surface area contributed by atoms with Gasteiger partial charge in [-0.3, -0.25) is 9.11 Å². The fraction of sp³-hybridized carbons (Fsp3) is 0.0588. The molecule has 0 aromatic heterocycles. The van der Waals surface area contributed by atoms with E-state index in [0.29, 0.717) is 34.0 Å². The highest BCUT2D eigenvalue weighted by Gasteiger charge is 2.21. The summed E-state index contributed by atoms with van der Waals surface area (Å²) in [6.45, 7) is 0. The maximum atomic E-state index is 11.8. The van der Waals surface area contributed by atoms with Gasteiger partial charge in [-0.25, -0.2) is 0 Å². The van der Waals surface area contributed by atoms with Crippen LogP contribution in [0.25, 0.3) is 32.7 Å². The fourth-order valence-corrected chi connectivity index (χ4v) is 6.91. The molecule has 0 aliphatic carbocycles. The van der Waals surface area contributed by atoms with Crippen LogP contribution in [0.3, 0.4) is 0 Å². The van der Waals surface area contributed by atoms with Crippen molar-refractivity contribution < 1.29 is 45.6 Å². The summed E-state index contributed by atoms with van der Waals surface area (Å²) in [4.78, 5) is -0.844. The lowest BCUT2D eigenvalue weighted by Gasteiger charge is -2.11. The molecule has 0 amide bonds. The van der Waals surface area contributed by atoms with Crippen LogP contribution < -0.4 is 20.9 Å². The molecule has 0 fully saturated rings. The number of methoxy groups -OCH3 is 2. The predicted molar refractivity (Wildman–Crippen MR) is 193 cm³/mol. The lowest BCUT2D eigenvalue weighted by atomic mass is 10.0. The van der Waals surface area contributed by atoms with E-state index in [1.54, 1.807) is 36.4 Å². The molecule has 0 bridgehead atoms. The van der Waals surface area contributed by atoms with Gasteiger partial charge in [-0.1, -0.05) is 24.3 Å². The van der Waals surface area contributed by atoms with Crippen molar-refractivity contribution in [3.05, 3.63) is 84.9 Å². The van der Waals surface area contributed by atoms with Crippen LogP contribution >= 0.6 is 0 Å². The van der Waals surface area contributed by atoms with Crippen molar-refractivity contribution >= 4 is 75.9 Å². The molecule has 0 spiro atoms. The van der Waals surface area contributed by atoms with Gasteiger partial charge in [0.1, 0.15) is 44.0 Å². The second kappa shape index (κ2) is 13.4. The Hall–Kier alpha value is -6.34. The lowest BCUT2D eigenvalue weighted by molar-refractivity contribution is 0.415. The first-order chi connectivity index (χ1) is 24.6. The Labute approximate surface area is 295 Å². The monoisotopic (exact) mass is 744 g/mol. The molecule has 0 saturated heterocycles. The molecule has 6 rings (SSSR count). The van der Waals surface area contributed by atoms with Crippen LogP contribution in [-0.2, 0) is 20.2 Å². The molecule has 0 aliphatic heterocycles. The number of benzene rings is 6. The van der Waals surface area contributed by atoms with Crippen LogP contribution in [0.1, 0.15) is 0 Å². The molecule has 6 aromatic carbocycles. The smallest absolute Gasteiger partial charge is 0.295 e. The van der Waals surface area contributed by atoms with Gasteiger partial charge in [0, 0.05) is 22.1 Å². The van der Waals surface area contributed by atoms with Gasteiger partial charge in [-0.05, 0) is 71.8 Å². The third kappa shape index (κ3) is 6.61. The molecule has 0 aliphatic rings. The SMILES string of the molecule is COc1cc(-c2ccc(N=Nc3ccc4c(S(=O)(=O)O)ccc(N)c4c3O)c(OC)c2)ccc1N=Nc1ccc2c(S(=O)(=O)O)ccc(N)c2c1O. The summed E-state index contributed by atoms with van der Waals surface area (Å²) >= 11 is 0. The molecule has 0 heterocycles. The highest BCUT2D eigenvalue weighted by molar-refractivity contribution is 7.86. The van der Waals surface area contributed by atoms with E-state index in [4.69, 9.17) is 20.9 Å². The molecule has 16 nitrogen and oxygen atoms in total. The number of rotatable bonds is 9. The molecule has 8 N–H and O–H groups in total. The Bertz CT molecular complexity index is 2530. The highest BCUT2D eigenvalue weighted by atomic mass is 32.2. The number of nitrogens with two attached hydrogens (primary N) is 2. The highest BCUT2D eigenvalue weighted by Crippen LogP contribution is 2.44. The van der Waals surface area contributed by atoms with E-state index in [9.17, 15) is 36.2 Å². The summed E-state index contributed by atoms with van der Waals surface area (Å²) in [6.07, 6.45) is 0. The van der Waals surface area contributed by atoms with Crippen molar-refractivity contribution in [3.8, 4) is 34.1 Å². The van der Waals surface area contributed by atoms with E-state index in [1.807, 2.05) is 0 Å². The van der Waals surface area contributed by atoms with Gasteiger partial charge in [0.15, 0.2) is 11.5 Å². The number of ether oxygens (including phenoxy) is 2. The number of anilines is 2. The van der Waals surface area contributed by atoms with Gasteiger partial charge < -0.3 is 31.2 Å². The Morgan fingerprint density at radius 2 is 0.865 bits per heavy atom. The summed E-state index contributed by atoms with van der Waals surface area (Å²) in [5, 5.41) is 38.4. The minimum Gasteiger partial charge on any atom is -0.505 e. The molecule has 0 radical (unpaired) electrons. The van der Waals surface area contributed by atoms with Gasteiger partial charge >= 0.3 is 0 Å². The van der Waals surface area contributed by atoms with Crippen LogP contribution in [0.15, 0.2) is 115 Å². The number of phenols is 2. The number of nitrogens with zero attached hydrogens (tertiary/aromatic N) is 4. The van der Waals surface area contributed by atoms with Gasteiger partial charge in [0.25, 0.3) is 20.2 Å². The van der Waals surface area contributed by atoms with E-state index in [1.165, 1.54) is 50.6 Å². The summed E-state index contributed by atoms with van der Waals surface area (Å²) < 4.78 is 77.5. The van der Waals surface area contributed by atoms with Crippen molar-refractivity contribution in [2.24, 2.45) is 20.5 Å². The van der Waals surface area contributed by atoms with Crippen LogP contribution in [0.2, 0.25) is 0 Å². The Morgan fingerprint density at radius 1 is 0.519 bits per heavy atom. The number of hydrogen-bond donors (Lipinski definition) is 6. The minimum atomic E-state index is -4.59. The van der Waals surface area contributed by atoms with Crippen molar-refractivity contribution in [1.82, 2.24) is 0 Å². The average Bonchev–Trinajstić information content (AvgIpc) is 3.10. The van der Waals surface area contributed by atoms with E-state index >= 15 is 0 Å². The van der Waals surface area contributed by atoms with Gasteiger partial charge in [-0.2, -0.15) is 16.8 Å². The number of hydrogen-bond acceptors (Lipinski definition) is 14. The topological polar surface area (TPSA) is 269 Å². The first kappa shape index (κ1) is 35.5. The Morgan fingerprint density at radius 3 is 1.21 bits per heavy atom. The molecule has 0 unspecified atom stereocenters. The van der Waals surface area contributed by atoms with Crippen molar-refractivity contribution in [1.29, 1.82) is 0 Å². The van der Waals surface area contributed by atoms with Crippen molar-refractivity contribution in [2.75, 3.05) is 25.7 Å². The van der Waals surface area contributed by atoms with Crippen LogP contribution in [0, 0.1) is 0 Å². The molecule has 0 atom stereocenters. The molecule has 52 heavy (non-hydrogen) atoms. The zero-order valence-electron chi connectivity index (χ0n) is 27.1. The quantitative estimate of drug-likeness (QED) is 0.0475. The van der Waals surface area contributed by atoms with Gasteiger partial charge in [0.05, 0.1) is 25.0 Å². The first-order valence-corrected chi connectivity index (χ1v) is 17.7. The maximum Gasteiger partial charge on any atom is 0.295 e. The van der Waals surface area contributed by atoms with E-state index in [-0.39, 0.29) is 44.3 Å². The summed E-state index contributed by atoms with van der Waals surface area (Å²) in [5.41, 5.74) is 14.1. The molecule has 266 valence electrons.